The smallest absolute Gasteiger partial charge is 0.326 e. The van der Waals surface area contributed by atoms with Crippen molar-refractivity contribution in [1.82, 2.24) is 0 Å². The van der Waals surface area contributed by atoms with Crippen molar-refractivity contribution in [3.63, 3.8) is 0 Å². The van der Waals surface area contributed by atoms with E-state index in [2.05, 4.69) is 0 Å². The molecule has 0 aliphatic carbocycles. The van der Waals surface area contributed by atoms with E-state index in [-0.39, 0.29) is 12.3 Å². The lowest BCUT2D eigenvalue weighted by atomic mass is 10.2. The van der Waals surface area contributed by atoms with Crippen LogP contribution in [0.5, 0.6) is 0 Å². The quantitative estimate of drug-likeness (QED) is 0.718. The molecule has 0 saturated carbocycles. The highest BCUT2D eigenvalue weighted by Gasteiger charge is 2.31. The molecule has 0 aromatic heterocycles. The summed E-state index contributed by atoms with van der Waals surface area (Å²) in [5.74, 6) is -0.346. The fourth-order valence-electron chi connectivity index (χ4n) is 1.70. The zero-order valence-corrected chi connectivity index (χ0v) is 9.41. The zero-order valence-electron chi connectivity index (χ0n) is 8.60. The highest BCUT2D eigenvalue weighted by Crippen LogP contribution is 2.30. The number of imide groups is 1. The van der Waals surface area contributed by atoms with Crippen LogP contribution in [0.15, 0.2) is 23.1 Å². The second-order valence-corrected chi connectivity index (χ2v) is 4.87. The molecular weight excluding hydrogens is 228 g/mol. The Bertz CT molecular complexity index is 473. The molecular formula is C10H10N2O3S. The minimum atomic E-state index is -1.15. The van der Waals surface area contributed by atoms with Gasteiger partial charge in [0.15, 0.2) is 4.90 Å². The Kier molecular flexibility index (Phi) is 2.61. The summed E-state index contributed by atoms with van der Waals surface area (Å²) in [7, 11) is 0. The number of hydrogen-bond donors (Lipinski definition) is 1. The lowest BCUT2D eigenvalue weighted by Crippen LogP contribution is -2.38. The predicted octanol–water partition coefficient (Wildman–Crippen LogP) is 0.392. The lowest BCUT2D eigenvalue weighted by Gasteiger charge is -2.13. The van der Waals surface area contributed by atoms with Crippen molar-refractivity contribution in [2.45, 2.75) is 11.3 Å². The highest BCUT2D eigenvalue weighted by molar-refractivity contribution is 7.90. The molecule has 1 aliphatic heterocycles. The number of primary amides is 1. The van der Waals surface area contributed by atoms with E-state index < -0.39 is 17.2 Å². The summed E-state index contributed by atoms with van der Waals surface area (Å²) in [6, 6.07) is 4.16. The molecule has 1 aliphatic rings. The molecule has 1 aromatic rings. The molecule has 5 nitrogen and oxygen atoms in total. The summed E-state index contributed by atoms with van der Waals surface area (Å²) in [6.07, 6.45) is 1.70. The van der Waals surface area contributed by atoms with Gasteiger partial charge in [-0.1, -0.05) is 6.07 Å². The van der Waals surface area contributed by atoms with Crippen LogP contribution in [0, 0.1) is 0 Å². The SMILES string of the molecule is C[S+]([O-])c1ccc2c(c1)N(C(N)=O)C(=O)C2. The Morgan fingerprint density at radius 2 is 2.25 bits per heavy atom. The van der Waals surface area contributed by atoms with Crippen LogP contribution < -0.4 is 10.6 Å². The van der Waals surface area contributed by atoms with Crippen LogP contribution in [-0.2, 0) is 22.4 Å². The average Bonchev–Trinajstić information content (AvgIpc) is 2.51. The molecule has 0 saturated heterocycles. The molecule has 1 heterocycles. The van der Waals surface area contributed by atoms with Crippen molar-refractivity contribution in [3.8, 4) is 0 Å². The summed E-state index contributed by atoms with van der Waals surface area (Å²) in [6.45, 7) is 0. The van der Waals surface area contributed by atoms with Gasteiger partial charge < -0.3 is 10.3 Å². The van der Waals surface area contributed by atoms with Gasteiger partial charge in [0.1, 0.15) is 6.26 Å². The number of nitrogens with zero attached hydrogens (tertiary/aromatic N) is 1. The highest BCUT2D eigenvalue weighted by atomic mass is 32.2. The monoisotopic (exact) mass is 238 g/mol. The van der Waals surface area contributed by atoms with Crippen molar-refractivity contribution >= 4 is 28.8 Å². The average molecular weight is 238 g/mol. The first-order chi connectivity index (χ1) is 7.50. The van der Waals surface area contributed by atoms with Gasteiger partial charge in [-0.3, -0.25) is 4.79 Å². The van der Waals surface area contributed by atoms with Gasteiger partial charge in [-0.05, 0) is 22.8 Å². The van der Waals surface area contributed by atoms with E-state index in [9.17, 15) is 14.1 Å². The van der Waals surface area contributed by atoms with Crippen LogP contribution in [0.1, 0.15) is 5.56 Å². The predicted molar refractivity (Wildman–Crippen MR) is 59.5 cm³/mol. The Balaban J connectivity index is 2.50. The number of rotatable bonds is 1. The number of carbonyl (C=O) groups excluding carboxylic acids is 2. The fraction of sp³-hybridized carbons (Fsp3) is 0.200. The normalized spacial score (nSPS) is 16.1. The van der Waals surface area contributed by atoms with E-state index in [0.29, 0.717) is 10.6 Å². The third-order valence-electron chi connectivity index (χ3n) is 2.44. The maximum atomic E-state index is 11.5. The van der Waals surface area contributed by atoms with E-state index in [1.165, 1.54) is 6.26 Å². The number of carbonyl (C=O) groups is 2. The number of fused-ring (bicyclic) bond motifs is 1. The molecule has 1 aromatic carbocycles. The number of nitrogens with two attached hydrogens (primary N) is 1. The lowest BCUT2D eigenvalue weighted by molar-refractivity contribution is -0.116. The summed E-state index contributed by atoms with van der Waals surface area (Å²) >= 11 is -1.15. The van der Waals surface area contributed by atoms with Crippen LogP contribution in [0.4, 0.5) is 10.5 Å². The van der Waals surface area contributed by atoms with Crippen LogP contribution in [0.2, 0.25) is 0 Å². The minimum absolute atomic E-state index is 0.162. The zero-order chi connectivity index (χ0) is 11.9. The Hall–Kier alpha value is -1.53. The number of hydrogen-bond acceptors (Lipinski definition) is 3. The molecule has 6 heteroatoms. The van der Waals surface area contributed by atoms with E-state index >= 15 is 0 Å². The first-order valence-electron chi connectivity index (χ1n) is 4.59. The Morgan fingerprint density at radius 1 is 1.56 bits per heavy atom. The van der Waals surface area contributed by atoms with Crippen molar-refractivity contribution in [3.05, 3.63) is 23.8 Å². The molecule has 1 unspecified atom stereocenters. The first kappa shape index (κ1) is 11.0. The van der Waals surface area contributed by atoms with Gasteiger partial charge in [-0.25, -0.2) is 9.69 Å². The number of amides is 3. The number of benzene rings is 1. The molecule has 0 spiro atoms. The largest absolute Gasteiger partial charge is 0.612 e. The maximum absolute atomic E-state index is 11.5. The van der Waals surface area contributed by atoms with Gasteiger partial charge >= 0.3 is 6.03 Å². The summed E-state index contributed by atoms with van der Waals surface area (Å²) in [5.41, 5.74) is 6.30. The van der Waals surface area contributed by atoms with Crippen molar-refractivity contribution in [1.29, 1.82) is 0 Å². The third-order valence-corrected chi connectivity index (χ3v) is 3.36. The van der Waals surface area contributed by atoms with Gasteiger partial charge in [0.05, 0.1) is 12.1 Å². The molecule has 2 rings (SSSR count). The molecule has 3 amide bonds. The first-order valence-corrected chi connectivity index (χ1v) is 6.15. The molecule has 0 bridgehead atoms. The number of anilines is 1. The van der Waals surface area contributed by atoms with Gasteiger partial charge in [0.25, 0.3) is 0 Å². The second kappa shape index (κ2) is 3.80. The van der Waals surface area contributed by atoms with Crippen molar-refractivity contribution in [2.75, 3.05) is 11.2 Å². The fourth-order valence-corrected chi connectivity index (χ4v) is 2.24. The Morgan fingerprint density at radius 3 is 2.81 bits per heavy atom. The van der Waals surface area contributed by atoms with Crippen LogP contribution in [0.3, 0.4) is 0 Å². The number of urea groups is 1. The van der Waals surface area contributed by atoms with E-state index in [1.54, 1.807) is 18.2 Å². The van der Waals surface area contributed by atoms with Gasteiger partial charge in [-0.15, -0.1) is 0 Å². The van der Waals surface area contributed by atoms with E-state index in [0.717, 1.165) is 10.5 Å². The summed E-state index contributed by atoms with van der Waals surface area (Å²) in [4.78, 5) is 24.1. The molecule has 2 N–H and O–H groups in total. The van der Waals surface area contributed by atoms with Crippen LogP contribution in [-0.4, -0.2) is 22.7 Å². The van der Waals surface area contributed by atoms with E-state index in [1.807, 2.05) is 0 Å². The summed E-state index contributed by atoms with van der Waals surface area (Å²) in [5, 5.41) is 0. The molecule has 1 atom stereocenters. The van der Waals surface area contributed by atoms with E-state index in [4.69, 9.17) is 5.73 Å². The third kappa shape index (κ3) is 1.66. The standard InChI is InChI=1S/C10H10N2O3S/c1-16(15)7-3-2-6-4-9(13)12(10(11)14)8(6)5-7/h2-3,5H,4H2,1H3,(H2,11,14). The minimum Gasteiger partial charge on any atom is -0.612 e. The Labute approximate surface area is 95.4 Å². The van der Waals surface area contributed by atoms with Gasteiger partial charge in [0, 0.05) is 6.07 Å². The molecule has 16 heavy (non-hydrogen) atoms. The molecule has 0 radical (unpaired) electrons. The van der Waals surface area contributed by atoms with Gasteiger partial charge in [-0.2, -0.15) is 0 Å². The van der Waals surface area contributed by atoms with Crippen molar-refractivity contribution in [2.24, 2.45) is 5.73 Å². The maximum Gasteiger partial charge on any atom is 0.326 e. The van der Waals surface area contributed by atoms with Crippen LogP contribution in [0.25, 0.3) is 0 Å². The van der Waals surface area contributed by atoms with Crippen LogP contribution >= 0.6 is 0 Å². The topological polar surface area (TPSA) is 86.5 Å². The summed E-state index contributed by atoms with van der Waals surface area (Å²) < 4.78 is 11.3. The van der Waals surface area contributed by atoms with Crippen molar-refractivity contribution < 1.29 is 14.1 Å². The van der Waals surface area contributed by atoms with Gasteiger partial charge in [0.2, 0.25) is 5.91 Å². The molecule has 0 fully saturated rings. The molecule has 84 valence electrons. The second-order valence-electron chi connectivity index (χ2n) is 3.49.